The first-order chi connectivity index (χ1) is 15.8. The van der Waals surface area contributed by atoms with Crippen LogP contribution >= 0.6 is 0 Å². The second-order valence-corrected chi connectivity index (χ2v) is 9.92. The molecule has 0 radical (unpaired) electrons. The molecule has 1 aromatic rings. The molecule has 3 amide bonds. The van der Waals surface area contributed by atoms with Crippen molar-refractivity contribution >= 4 is 17.9 Å². The Kier molecular flexibility index (Phi) is 7.38. The van der Waals surface area contributed by atoms with E-state index < -0.39 is 36.0 Å². The molecule has 2 N–H and O–H groups in total. The number of hydrogen-bond acceptors (Lipinski definition) is 5. The summed E-state index contributed by atoms with van der Waals surface area (Å²) in [5.74, 6) is -4.40. The minimum Gasteiger partial charge on any atom is -0.489 e. The number of hydrogen-bond donors (Lipinski definition) is 2. The van der Waals surface area contributed by atoms with Crippen molar-refractivity contribution in [1.29, 1.82) is 0 Å². The number of carbonyl (C=O) groups is 3. The molecule has 0 aliphatic carbocycles. The van der Waals surface area contributed by atoms with Gasteiger partial charge in [0.25, 0.3) is 17.7 Å². The first-order valence-electron chi connectivity index (χ1n) is 11.5. The summed E-state index contributed by atoms with van der Waals surface area (Å²) in [5, 5.41) is 5.23. The molecule has 10 heteroatoms. The fourth-order valence-corrected chi connectivity index (χ4v) is 4.25. The van der Waals surface area contributed by atoms with Gasteiger partial charge >= 0.3 is 6.09 Å². The smallest absolute Gasteiger partial charge is 0.410 e. The lowest BCUT2D eigenvalue weighted by Crippen LogP contribution is -2.52. The topological polar surface area (TPSA) is 97.0 Å². The third-order valence-corrected chi connectivity index (χ3v) is 5.90. The Morgan fingerprint density at radius 2 is 1.94 bits per heavy atom. The number of nitrogens with one attached hydrogen (secondary N) is 2. The van der Waals surface area contributed by atoms with Gasteiger partial charge in [0.1, 0.15) is 17.5 Å². The van der Waals surface area contributed by atoms with Crippen LogP contribution in [0.2, 0.25) is 0 Å². The molecule has 2 atom stereocenters. The van der Waals surface area contributed by atoms with E-state index in [1.807, 2.05) is 6.92 Å². The van der Waals surface area contributed by atoms with Crippen LogP contribution in [0, 0.1) is 5.92 Å². The van der Waals surface area contributed by atoms with Gasteiger partial charge in [0.2, 0.25) is 0 Å². The molecule has 2 aliphatic heterocycles. The lowest BCUT2D eigenvalue weighted by Gasteiger charge is -2.38. The first kappa shape index (κ1) is 25.7. The number of carbonyl (C=O) groups excluding carboxylic acids is 3. The van der Waals surface area contributed by atoms with E-state index in [0.717, 1.165) is 10.5 Å². The minimum absolute atomic E-state index is 0.0465. The SMILES string of the molecule is CNC(=O)c1cc(C(=O)NCCC2CCN(C(=O)OC(C)(C)C)CC2(F)F)cc2c1OC(C)C2. The molecule has 0 bridgehead atoms. The predicted octanol–water partition coefficient (Wildman–Crippen LogP) is 3.38. The van der Waals surface area contributed by atoms with Crippen molar-refractivity contribution in [1.82, 2.24) is 15.5 Å². The highest BCUT2D eigenvalue weighted by molar-refractivity contribution is 6.02. The Hall–Kier alpha value is -2.91. The number of rotatable bonds is 5. The number of benzene rings is 1. The highest BCUT2D eigenvalue weighted by atomic mass is 19.3. The second kappa shape index (κ2) is 9.76. The number of amides is 3. The predicted molar refractivity (Wildman–Crippen MR) is 121 cm³/mol. The van der Waals surface area contributed by atoms with E-state index in [-0.39, 0.29) is 49.1 Å². The number of ether oxygens (including phenoxy) is 2. The van der Waals surface area contributed by atoms with Gasteiger partial charge in [-0.2, -0.15) is 0 Å². The average Bonchev–Trinajstić information content (AvgIpc) is 3.11. The molecule has 3 rings (SSSR count). The fraction of sp³-hybridized carbons (Fsp3) is 0.625. The van der Waals surface area contributed by atoms with E-state index in [4.69, 9.17) is 9.47 Å². The van der Waals surface area contributed by atoms with Gasteiger partial charge in [0, 0.05) is 38.0 Å². The number of nitrogens with zero attached hydrogens (tertiary/aromatic N) is 1. The van der Waals surface area contributed by atoms with Crippen molar-refractivity contribution in [3.63, 3.8) is 0 Å². The summed E-state index contributed by atoms with van der Waals surface area (Å²) in [7, 11) is 1.49. The molecule has 2 aliphatic rings. The van der Waals surface area contributed by atoms with Crippen LogP contribution < -0.4 is 15.4 Å². The number of piperidine rings is 1. The molecule has 8 nitrogen and oxygen atoms in total. The van der Waals surface area contributed by atoms with Gasteiger partial charge in [0.05, 0.1) is 12.1 Å². The quantitative estimate of drug-likeness (QED) is 0.672. The van der Waals surface area contributed by atoms with Crippen LogP contribution in [0.4, 0.5) is 13.6 Å². The number of alkyl halides is 2. The van der Waals surface area contributed by atoms with Crippen LogP contribution in [0.5, 0.6) is 5.75 Å². The normalized spacial score (nSPS) is 21.3. The zero-order valence-corrected chi connectivity index (χ0v) is 20.3. The van der Waals surface area contributed by atoms with Crippen LogP contribution in [-0.4, -0.2) is 67.1 Å². The highest BCUT2D eigenvalue weighted by Crippen LogP contribution is 2.36. The van der Waals surface area contributed by atoms with Crippen molar-refractivity contribution in [3.05, 3.63) is 28.8 Å². The number of fused-ring (bicyclic) bond motifs is 1. The molecule has 0 spiro atoms. The Labute approximate surface area is 198 Å². The third-order valence-electron chi connectivity index (χ3n) is 5.90. The zero-order valence-electron chi connectivity index (χ0n) is 20.3. The fourth-order valence-electron chi connectivity index (χ4n) is 4.25. The maximum atomic E-state index is 14.7. The van der Waals surface area contributed by atoms with E-state index in [2.05, 4.69) is 10.6 Å². The van der Waals surface area contributed by atoms with E-state index in [9.17, 15) is 23.2 Å². The third kappa shape index (κ3) is 5.95. The van der Waals surface area contributed by atoms with Crippen molar-refractivity contribution in [2.45, 2.75) is 64.6 Å². The number of likely N-dealkylation sites (tertiary alicyclic amines) is 1. The van der Waals surface area contributed by atoms with E-state index in [1.54, 1.807) is 26.8 Å². The van der Waals surface area contributed by atoms with Gasteiger partial charge in [-0.05, 0) is 58.2 Å². The van der Waals surface area contributed by atoms with Gasteiger partial charge in [-0.1, -0.05) is 0 Å². The van der Waals surface area contributed by atoms with E-state index in [0.29, 0.717) is 12.2 Å². The maximum Gasteiger partial charge on any atom is 0.410 e. The lowest BCUT2D eigenvalue weighted by atomic mass is 9.90. The van der Waals surface area contributed by atoms with Crippen LogP contribution in [0.15, 0.2) is 12.1 Å². The van der Waals surface area contributed by atoms with Gasteiger partial charge in [-0.15, -0.1) is 0 Å². The first-order valence-corrected chi connectivity index (χ1v) is 11.5. The Morgan fingerprint density at radius 3 is 2.56 bits per heavy atom. The summed E-state index contributed by atoms with van der Waals surface area (Å²) in [4.78, 5) is 38.2. The summed E-state index contributed by atoms with van der Waals surface area (Å²) in [6.07, 6.45) is -0.111. The Balaban J connectivity index is 1.59. The molecule has 2 heterocycles. The summed E-state index contributed by atoms with van der Waals surface area (Å²) < 4.78 is 40.3. The standard InChI is InChI=1S/C24H33F2N3O5/c1-14-10-15-11-16(12-18(19(15)33-14)21(31)27-5)20(30)28-8-6-17-7-9-29(13-24(17,25)26)22(32)34-23(2,3)4/h11-12,14,17H,6-10,13H2,1-5H3,(H,27,31)(H,28,30). The molecular formula is C24H33F2N3O5. The molecule has 2 unspecified atom stereocenters. The Morgan fingerprint density at radius 1 is 1.24 bits per heavy atom. The zero-order chi connectivity index (χ0) is 25.3. The highest BCUT2D eigenvalue weighted by Gasteiger charge is 2.46. The van der Waals surface area contributed by atoms with Crippen LogP contribution in [-0.2, 0) is 11.2 Å². The van der Waals surface area contributed by atoms with Crippen molar-refractivity contribution < 1.29 is 32.6 Å². The molecule has 0 aromatic heterocycles. The molecular weight excluding hydrogens is 448 g/mol. The average molecular weight is 482 g/mol. The van der Waals surface area contributed by atoms with Crippen molar-refractivity contribution in [3.8, 4) is 5.75 Å². The molecule has 0 saturated carbocycles. The van der Waals surface area contributed by atoms with Crippen LogP contribution in [0.25, 0.3) is 0 Å². The summed E-state index contributed by atoms with van der Waals surface area (Å²) >= 11 is 0. The maximum absolute atomic E-state index is 14.7. The largest absolute Gasteiger partial charge is 0.489 e. The van der Waals surface area contributed by atoms with Gasteiger partial charge in [-0.3, -0.25) is 9.59 Å². The van der Waals surface area contributed by atoms with Crippen LogP contribution in [0.3, 0.4) is 0 Å². The summed E-state index contributed by atoms with van der Waals surface area (Å²) in [6.45, 7) is 6.44. The molecule has 1 saturated heterocycles. The number of halogens is 2. The second-order valence-electron chi connectivity index (χ2n) is 9.92. The van der Waals surface area contributed by atoms with Gasteiger partial charge in [-0.25, -0.2) is 13.6 Å². The monoisotopic (exact) mass is 481 g/mol. The summed E-state index contributed by atoms with van der Waals surface area (Å²) in [5.41, 5.74) is 0.560. The van der Waals surface area contributed by atoms with E-state index >= 15 is 0 Å². The Bertz CT molecular complexity index is 961. The van der Waals surface area contributed by atoms with Crippen molar-refractivity contribution in [2.24, 2.45) is 5.92 Å². The molecule has 34 heavy (non-hydrogen) atoms. The van der Waals surface area contributed by atoms with Crippen LogP contribution in [0.1, 0.15) is 66.8 Å². The lowest BCUT2D eigenvalue weighted by molar-refractivity contribution is -0.112. The molecule has 188 valence electrons. The van der Waals surface area contributed by atoms with Crippen molar-refractivity contribution in [2.75, 3.05) is 26.7 Å². The van der Waals surface area contributed by atoms with E-state index in [1.165, 1.54) is 13.1 Å². The van der Waals surface area contributed by atoms with Gasteiger partial charge < -0.3 is 25.0 Å². The molecule has 1 fully saturated rings. The minimum atomic E-state index is -3.09. The molecule has 1 aromatic carbocycles. The summed E-state index contributed by atoms with van der Waals surface area (Å²) in [6, 6.07) is 3.13. The van der Waals surface area contributed by atoms with Gasteiger partial charge in [0.15, 0.2) is 0 Å².